The molecule has 82 valence electrons. The Morgan fingerprint density at radius 1 is 1.47 bits per heavy atom. The van der Waals surface area contributed by atoms with Crippen LogP contribution in [0.4, 0.5) is 0 Å². The summed E-state index contributed by atoms with van der Waals surface area (Å²) in [5, 5.41) is 2.65. The van der Waals surface area contributed by atoms with E-state index in [0.717, 1.165) is 0 Å². The molecule has 0 unspecified atom stereocenters. The average molecular weight is 212 g/mol. The minimum Gasteiger partial charge on any atom is -0.494 e. The van der Waals surface area contributed by atoms with Gasteiger partial charge >= 0.3 is 0 Å². The van der Waals surface area contributed by atoms with Gasteiger partial charge in [-0.1, -0.05) is 0 Å². The van der Waals surface area contributed by atoms with Crippen LogP contribution in [0.25, 0.3) is 0 Å². The number of piperazine rings is 1. The molecule has 15 heavy (non-hydrogen) atoms. The monoisotopic (exact) mass is 212 g/mol. The summed E-state index contributed by atoms with van der Waals surface area (Å²) in [6, 6.07) is 0. The van der Waals surface area contributed by atoms with Crippen molar-refractivity contribution in [2.24, 2.45) is 0 Å². The first kappa shape index (κ1) is 9.82. The molecule has 2 rings (SSSR count). The van der Waals surface area contributed by atoms with E-state index >= 15 is 0 Å². The van der Waals surface area contributed by atoms with E-state index in [1.807, 2.05) is 0 Å². The quantitative estimate of drug-likeness (QED) is 0.595. The highest BCUT2D eigenvalue weighted by molar-refractivity contribution is 5.94. The van der Waals surface area contributed by atoms with Gasteiger partial charge in [0.15, 0.2) is 0 Å². The minimum absolute atomic E-state index is 0.0829. The van der Waals surface area contributed by atoms with Crippen LogP contribution in [0.15, 0.2) is 12.0 Å². The number of ether oxygens (including phenoxy) is 2. The number of hydrogen-bond donors (Lipinski definition) is 1. The lowest BCUT2D eigenvalue weighted by atomic mass is 10.3. The van der Waals surface area contributed by atoms with E-state index in [9.17, 15) is 9.59 Å². The lowest BCUT2D eigenvalue weighted by Crippen LogP contribution is -2.50. The largest absolute Gasteiger partial charge is 0.494 e. The SMILES string of the molecule is O=C1CN(C(=O)C2=COCCO2)CCN1. The maximum Gasteiger partial charge on any atom is 0.292 e. The molecule has 0 aromatic heterocycles. The number of carbonyl (C=O) groups is 2. The molecule has 1 saturated heterocycles. The Morgan fingerprint density at radius 3 is 3.00 bits per heavy atom. The second-order valence-corrected chi connectivity index (χ2v) is 3.28. The van der Waals surface area contributed by atoms with Gasteiger partial charge in [0.1, 0.15) is 26.0 Å². The van der Waals surface area contributed by atoms with Crippen molar-refractivity contribution in [2.45, 2.75) is 0 Å². The zero-order valence-electron chi connectivity index (χ0n) is 8.19. The van der Waals surface area contributed by atoms with Gasteiger partial charge in [0.05, 0.1) is 0 Å². The number of nitrogens with zero attached hydrogens (tertiary/aromatic N) is 1. The molecule has 0 atom stereocenters. The fourth-order valence-electron chi connectivity index (χ4n) is 1.45. The van der Waals surface area contributed by atoms with Crippen LogP contribution >= 0.6 is 0 Å². The molecular weight excluding hydrogens is 200 g/mol. The fourth-order valence-corrected chi connectivity index (χ4v) is 1.45. The van der Waals surface area contributed by atoms with Crippen molar-refractivity contribution in [2.75, 3.05) is 32.8 Å². The summed E-state index contributed by atoms with van der Waals surface area (Å²) in [6.07, 6.45) is 1.30. The maximum atomic E-state index is 11.8. The average Bonchev–Trinajstić information content (AvgIpc) is 2.29. The van der Waals surface area contributed by atoms with Crippen molar-refractivity contribution < 1.29 is 19.1 Å². The van der Waals surface area contributed by atoms with E-state index < -0.39 is 0 Å². The molecule has 0 saturated carbocycles. The Labute approximate surface area is 86.8 Å². The topological polar surface area (TPSA) is 67.9 Å². The van der Waals surface area contributed by atoms with E-state index in [1.54, 1.807) is 0 Å². The number of hydrogen-bond acceptors (Lipinski definition) is 4. The van der Waals surface area contributed by atoms with Crippen LogP contribution < -0.4 is 5.32 Å². The Bertz CT molecular complexity index is 313. The van der Waals surface area contributed by atoms with Crippen LogP contribution in [0.3, 0.4) is 0 Å². The molecule has 2 aliphatic rings. The minimum atomic E-state index is -0.287. The molecule has 0 aliphatic carbocycles. The van der Waals surface area contributed by atoms with E-state index in [1.165, 1.54) is 11.2 Å². The highest BCUT2D eigenvalue weighted by Gasteiger charge is 2.26. The first-order valence-corrected chi connectivity index (χ1v) is 4.78. The van der Waals surface area contributed by atoms with Gasteiger partial charge in [0, 0.05) is 13.1 Å². The van der Waals surface area contributed by atoms with Crippen molar-refractivity contribution in [3.63, 3.8) is 0 Å². The van der Waals surface area contributed by atoms with Gasteiger partial charge in [-0.15, -0.1) is 0 Å². The first-order chi connectivity index (χ1) is 7.27. The Kier molecular flexibility index (Phi) is 2.75. The number of rotatable bonds is 1. The van der Waals surface area contributed by atoms with Gasteiger partial charge in [-0.05, 0) is 0 Å². The number of amides is 2. The highest BCUT2D eigenvalue weighted by atomic mass is 16.6. The molecule has 2 heterocycles. The molecular formula is C9H12N2O4. The van der Waals surface area contributed by atoms with Crippen molar-refractivity contribution in [1.29, 1.82) is 0 Å². The van der Waals surface area contributed by atoms with Crippen LogP contribution in [0.1, 0.15) is 0 Å². The van der Waals surface area contributed by atoms with Crippen LogP contribution in [0, 0.1) is 0 Å². The summed E-state index contributed by atoms with van der Waals surface area (Å²) >= 11 is 0. The number of nitrogens with one attached hydrogen (secondary N) is 1. The second kappa shape index (κ2) is 4.20. The third-order valence-corrected chi connectivity index (χ3v) is 2.19. The van der Waals surface area contributed by atoms with Crippen LogP contribution in [0.2, 0.25) is 0 Å². The lowest BCUT2D eigenvalue weighted by Gasteiger charge is -2.27. The fraction of sp³-hybridized carbons (Fsp3) is 0.556. The van der Waals surface area contributed by atoms with Crippen molar-refractivity contribution >= 4 is 11.8 Å². The summed E-state index contributed by atoms with van der Waals surface area (Å²) in [4.78, 5) is 24.3. The van der Waals surface area contributed by atoms with Gasteiger partial charge in [-0.3, -0.25) is 9.59 Å². The second-order valence-electron chi connectivity index (χ2n) is 3.28. The third kappa shape index (κ3) is 2.20. The normalized spacial score (nSPS) is 20.9. The predicted molar refractivity (Wildman–Crippen MR) is 49.6 cm³/mol. The molecule has 6 heteroatoms. The zero-order chi connectivity index (χ0) is 10.7. The Balaban J connectivity index is 2.00. The summed E-state index contributed by atoms with van der Waals surface area (Å²) in [6.45, 7) is 1.90. The van der Waals surface area contributed by atoms with E-state index in [4.69, 9.17) is 9.47 Å². The molecule has 0 aromatic rings. The molecule has 6 nitrogen and oxygen atoms in total. The maximum absolute atomic E-state index is 11.8. The molecule has 0 bridgehead atoms. The molecule has 1 N–H and O–H groups in total. The Morgan fingerprint density at radius 2 is 2.33 bits per heavy atom. The zero-order valence-corrected chi connectivity index (χ0v) is 8.19. The molecule has 0 radical (unpaired) electrons. The van der Waals surface area contributed by atoms with Crippen molar-refractivity contribution in [3.8, 4) is 0 Å². The molecule has 0 aromatic carbocycles. The Hall–Kier alpha value is -1.72. The summed E-state index contributed by atoms with van der Waals surface area (Å²) < 4.78 is 10.1. The third-order valence-electron chi connectivity index (χ3n) is 2.19. The highest BCUT2D eigenvalue weighted by Crippen LogP contribution is 2.09. The molecule has 2 aliphatic heterocycles. The van der Waals surface area contributed by atoms with Crippen molar-refractivity contribution in [3.05, 3.63) is 12.0 Å². The van der Waals surface area contributed by atoms with E-state index in [0.29, 0.717) is 26.3 Å². The summed E-state index contributed by atoms with van der Waals surface area (Å²) in [5.74, 6) is -0.257. The summed E-state index contributed by atoms with van der Waals surface area (Å²) in [7, 11) is 0. The van der Waals surface area contributed by atoms with Crippen LogP contribution in [-0.4, -0.2) is 49.6 Å². The van der Waals surface area contributed by atoms with Gasteiger partial charge < -0.3 is 19.7 Å². The van der Waals surface area contributed by atoms with Gasteiger partial charge in [0.2, 0.25) is 11.7 Å². The lowest BCUT2D eigenvalue weighted by molar-refractivity contribution is -0.138. The molecule has 2 amide bonds. The van der Waals surface area contributed by atoms with Gasteiger partial charge in [-0.25, -0.2) is 0 Å². The molecule has 0 spiro atoms. The number of carbonyl (C=O) groups excluding carboxylic acids is 2. The smallest absolute Gasteiger partial charge is 0.292 e. The van der Waals surface area contributed by atoms with Crippen LogP contribution in [0.5, 0.6) is 0 Å². The summed E-state index contributed by atoms with van der Waals surface area (Å²) in [5.41, 5.74) is 0. The van der Waals surface area contributed by atoms with Crippen molar-refractivity contribution in [1.82, 2.24) is 10.2 Å². The van der Waals surface area contributed by atoms with Gasteiger partial charge in [0.25, 0.3) is 5.91 Å². The standard InChI is InChI=1S/C9H12N2O4/c12-8-5-11(2-1-10-8)9(13)7-6-14-3-4-15-7/h6H,1-5H2,(H,10,12). The van der Waals surface area contributed by atoms with Crippen LogP contribution in [-0.2, 0) is 19.1 Å². The molecule has 1 fully saturated rings. The first-order valence-electron chi connectivity index (χ1n) is 4.78. The van der Waals surface area contributed by atoms with E-state index in [2.05, 4.69) is 5.32 Å². The predicted octanol–water partition coefficient (Wildman–Crippen LogP) is -1.17. The van der Waals surface area contributed by atoms with E-state index in [-0.39, 0.29) is 24.1 Å². The van der Waals surface area contributed by atoms with Gasteiger partial charge in [-0.2, -0.15) is 0 Å².